The van der Waals surface area contributed by atoms with E-state index in [1.54, 1.807) is 18.4 Å². The van der Waals surface area contributed by atoms with E-state index in [-0.39, 0.29) is 11.5 Å². The lowest BCUT2D eigenvalue weighted by Gasteiger charge is -2.50. The van der Waals surface area contributed by atoms with Gasteiger partial charge in [0.25, 0.3) is 10.2 Å². The molecule has 1 aromatic rings. The van der Waals surface area contributed by atoms with Gasteiger partial charge in [-0.3, -0.25) is 0 Å². The van der Waals surface area contributed by atoms with Crippen LogP contribution in [0.4, 0.5) is 4.79 Å². The number of benzene rings is 1. The molecule has 3 heterocycles. The van der Waals surface area contributed by atoms with Crippen molar-refractivity contribution >= 4 is 16.3 Å². The molecule has 3 aliphatic rings. The third kappa shape index (κ3) is 4.40. The van der Waals surface area contributed by atoms with E-state index in [2.05, 4.69) is 23.1 Å². The highest BCUT2D eigenvalue weighted by Crippen LogP contribution is 2.43. The van der Waals surface area contributed by atoms with Crippen LogP contribution in [-0.4, -0.2) is 92.4 Å². The van der Waals surface area contributed by atoms with Gasteiger partial charge < -0.3 is 14.5 Å². The number of likely N-dealkylation sites (tertiary alicyclic amines) is 2. The van der Waals surface area contributed by atoms with Crippen molar-refractivity contribution < 1.29 is 17.9 Å². The molecule has 2 saturated heterocycles. The average molecular weight is 465 g/mol. The van der Waals surface area contributed by atoms with Crippen LogP contribution in [0.5, 0.6) is 0 Å². The van der Waals surface area contributed by atoms with Crippen LogP contribution >= 0.6 is 0 Å². The second-order valence-electron chi connectivity index (χ2n) is 9.45. The molecule has 0 aliphatic carbocycles. The molecule has 1 amide bonds. The van der Waals surface area contributed by atoms with E-state index in [4.69, 9.17) is 4.74 Å². The van der Waals surface area contributed by atoms with E-state index in [1.165, 1.54) is 9.87 Å². The zero-order chi connectivity index (χ0) is 22.9. The van der Waals surface area contributed by atoms with Crippen LogP contribution in [0, 0.1) is 0 Å². The van der Waals surface area contributed by atoms with Gasteiger partial charge in [0.05, 0.1) is 6.61 Å². The van der Waals surface area contributed by atoms with E-state index in [0.717, 1.165) is 57.4 Å². The van der Waals surface area contributed by atoms with Gasteiger partial charge in [-0.1, -0.05) is 24.3 Å². The lowest BCUT2D eigenvalue weighted by molar-refractivity contribution is 0.0503. The van der Waals surface area contributed by atoms with Crippen LogP contribution < -0.4 is 0 Å². The van der Waals surface area contributed by atoms with Crippen molar-refractivity contribution in [2.75, 3.05) is 53.4 Å². The van der Waals surface area contributed by atoms with Crippen LogP contribution in [0.1, 0.15) is 43.7 Å². The minimum Gasteiger partial charge on any atom is -0.450 e. The Balaban J connectivity index is 1.45. The molecule has 0 saturated carbocycles. The Morgan fingerprint density at radius 3 is 2.41 bits per heavy atom. The number of carbonyl (C=O) groups is 1. The molecule has 9 heteroatoms. The second kappa shape index (κ2) is 9.29. The van der Waals surface area contributed by atoms with E-state index in [9.17, 15) is 13.2 Å². The van der Waals surface area contributed by atoms with Crippen LogP contribution in [0.15, 0.2) is 24.3 Å². The summed E-state index contributed by atoms with van der Waals surface area (Å²) >= 11 is 0. The number of hydrogen-bond acceptors (Lipinski definition) is 5. The Morgan fingerprint density at radius 1 is 1.12 bits per heavy atom. The Hall–Kier alpha value is -1.68. The summed E-state index contributed by atoms with van der Waals surface area (Å²) in [6.07, 6.45) is 3.61. The van der Waals surface area contributed by atoms with Gasteiger partial charge in [0.15, 0.2) is 0 Å². The molecule has 0 atom stereocenters. The van der Waals surface area contributed by atoms with Crippen molar-refractivity contribution in [3.05, 3.63) is 35.4 Å². The first-order valence-corrected chi connectivity index (χ1v) is 13.1. The maximum Gasteiger partial charge on any atom is 0.409 e. The molecule has 178 valence electrons. The highest BCUT2D eigenvalue weighted by molar-refractivity contribution is 7.86. The summed E-state index contributed by atoms with van der Waals surface area (Å²) in [6, 6.07) is 8.83. The Labute approximate surface area is 192 Å². The zero-order valence-corrected chi connectivity index (χ0v) is 20.3. The number of ether oxygens (including phenoxy) is 1. The monoisotopic (exact) mass is 464 g/mol. The predicted molar refractivity (Wildman–Crippen MR) is 124 cm³/mol. The third-order valence-electron chi connectivity index (χ3n) is 7.46. The topological polar surface area (TPSA) is 73.4 Å². The molecule has 1 spiro atoms. The van der Waals surface area contributed by atoms with E-state index < -0.39 is 10.2 Å². The van der Waals surface area contributed by atoms with Gasteiger partial charge in [0, 0.05) is 51.7 Å². The average Bonchev–Trinajstić information content (AvgIpc) is 2.80. The van der Waals surface area contributed by atoms with Crippen LogP contribution in [-0.2, 0) is 26.9 Å². The molecule has 4 rings (SSSR count). The standard InChI is InChI=1S/C23H36N4O4S/c1-4-31-22(28)26-13-9-20(10-14-26)25-15-11-23(12-16-25)18-27(32(29,30)24(2)3)17-19-7-5-6-8-21(19)23/h5-8,20H,4,9-18H2,1-3H3. The van der Waals surface area contributed by atoms with Gasteiger partial charge in [0.1, 0.15) is 0 Å². The van der Waals surface area contributed by atoms with Crippen molar-refractivity contribution in [1.29, 1.82) is 0 Å². The number of fused-ring (bicyclic) bond motifs is 2. The first-order chi connectivity index (χ1) is 15.3. The minimum atomic E-state index is -3.47. The maximum absolute atomic E-state index is 13.0. The van der Waals surface area contributed by atoms with E-state index >= 15 is 0 Å². The zero-order valence-electron chi connectivity index (χ0n) is 19.5. The summed E-state index contributed by atoms with van der Waals surface area (Å²) in [6.45, 7) is 6.61. The first kappa shape index (κ1) is 23.5. The predicted octanol–water partition coefficient (Wildman–Crippen LogP) is 2.26. The highest BCUT2D eigenvalue weighted by atomic mass is 32.2. The largest absolute Gasteiger partial charge is 0.450 e. The second-order valence-corrected chi connectivity index (χ2v) is 11.6. The molecule has 0 aromatic heterocycles. The van der Waals surface area contributed by atoms with Crippen molar-refractivity contribution in [1.82, 2.24) is 18.4 Å². The number of amides is 1. The summed E-state index contributed by atoms with van der Waals surface area (Å²) in [5.41, 5.74) is 2.31. The molecule has 2 fully saturated rings. The molecular formula is C23H36N4O4S. The van der Waals surface area contributed by atoms with Gasteiger partial charge in [-0.25, -0.2) is 4.79 Å². The van der Waals surface area contributed by atoms with Crippen molar-refractivity contribution in [2.24, 2.45) is 0 Å². The SMILES string of the molecule is CCOC(=O)N1CCC(N2CCC3(CC2)CN(S(=O)(=O)N(C)C)Cc2ccccc23)CC1. The first-order valence-electron chi connectivity index (χ1n) is 11.7. The van der Waals surface area contributed by atoms with Crippen LogP contribution in [0.2, 0.25) is 0 Å². The summed E-state index contributed by atoms with van der Waals surface area (Å²) in [4.78, 5) is 16.4. The van der Waals surface area contributed by atoms with Gasteiger partial charge in [0.2, 0.25) is 0 Å². The summed E-state index contributed by atoms with van der Waals surface area (Å²) in [5.74, 6) is 0. The van der Waals surface area contributed by atoms with Gasteiger partial charge in [-0.05, 0) is 56.8 Å². The number of hydrogen-bond donors (Lipinski definition) is 0. The molecule has 0 N–H and O–H groups in total. The lowest BCUT2D eigenvalue weighted by atomic mass is 9.69. The van der Waals surface area contributed by atoms with Crippen molar-refractivity contribution in [3.8, 4) is 0 Å². The maximum atomic E-state index is 13.0. The summed E-state index contributed by atoms with van der Waals surface area (Å²) in [5, 5.41) is 0. The quantitative estimate of drug-likeness (QED) is 0.684. The molecule has 8 nitrogen and oxygen atoms in total. The Bertz CT molecular complexity index is 920. The Kier molecular flexibility index (Phi) is 6.81. The molecular weight excluding hydrogens is 428 g/mol. The fourth-order valence-electron chi connectivity index (χ4n) is 5.61. The lowest BCUT2D eigenvalue weighted by Crippen LogP contribution is -2.57. The van der Waals surface area contributed by atoms with Crippen molar-refractivity contribution in [3.63, 3.8) is 0 Å². The summed E-state index contributed by atoms with van der Waals surface area (Å²) in [7, 11) is -0.257. The van der Waals surface area contributed by atoms with Crippen molar-refractivity contribution in [2.45, 2.75) is 50.6 Å². The third-order valence-corrected chi connectivity index (χ3v) is 9.30. The molecule has 3 aliphatic heterocycles. The number of nitrogens with zero attached hydrogens (tertiary/aromatic N) is 4. The normalized spacial score (nSPS) is 22.8. The smallest absolute Gasteiger partial charge is 0.409 e. The van der Waals surface area contributed by atoms with E-state index in [1.807, 2.05) is 17.9 Å². The molecule has 32 heavy (non-hydrogen) atoms. The fraction of sp³-hybridized carbons (Fsp3) is 0.696. The van der Waals surface area contributed by atoms with Gasteiger partial charge >= 0.3 is 6.09 Å². The molecule has 0 bridgehead atoms. The number of carbonyl (C=O) groups excluding carboxylic acids is 1. The number of rotatable bonds is 4. The minimum absolute atomic E-state index is 0.139. The van der Waals surface area contributed by atoms with Crippen LogP contribution in [0.3, 0.4) is 0 Å². The number of piperidine rings is 2. The fourth-order valence-corrected chi connectivity index (χ4v) is 6.79. The Morgan fingerprint density at radius 2 is 1.78 bits per heavy atom. The molecule has 1 aromatic carbocycles. The highest BCUT2D eigenvalue weighted by Gasteiger charge is 2.46. The molecule has 0 unspecified atom stereocenters. The molecule has 0 radical (unpaired) electrons. The van der Waals surface area contributed by atoms with Gasteiger partial charge in [-0.2, -0.15) is 17.0 Å². The van der Waals surface area contributed by atoms with E-state index in [0.29, 0.717) is 25.7 Å². The summed E-state index contributed by atoms with van der Waals surface area (Å²) < 4.78 is 34.0. The van der Waals surface area contributed by atoms with Gasteiger partial charge in [-0.15, -0.1) is 0 Å². The van der Waals surface area contributed by atoms with Crippen LogP contribution in [0.25, 0.3) is 0 Å².